The molecular weight excluding hydrogens is 428 g/mol. The number of ether oxygens (including phenoxy) is 2. The van der Waals surface area contributed by atoms with Crippen molar-refractivity contribution in [2.45, 2.75) is 20.5 Å². The molecular formula is C18H24N6O4S2. The Kier molecular flexibility index (Phi) is 7.71. The Labute approximate surface area is 183 Å². The zero-order chi connectivity index (χ0) is 21.5. The summed E-state index contributed by atoms with van der Waals surface area (Å²) in [7, 11) is 0. The minimum Gasteiger partial charge on any atom is -0.462 e. The third-order valence-corrected chi connectivity index (χ3v) is 5.60. The zero-order valence-corrected chi connectivity index (χ0v) is 18.5. The van der Waals surface area contributed by atoms with Crippen LogP contribution in [-0.2, 0) is 16.1 Å². The van der Waals surface area contributed by atoms with E-state index in [0.29, 0.717) is 34.5 Å². The lowest BCUT2D eigenvalue weighted by Gasteiger charge is -2.35. The number of pyridine rings is 1. The zero-order valence-electron chi connectivity index (χ0n) is 16.9. The first-order valence-electron chi connectivity index (χ1n) is 9.62. The number of hydrogen-bond donors (Lipinski definition) is 1. The van der Waals surface area contributed by atoms with Crippen molar-refractivity contribution < 1.29 is 19.1 Å². The number of esters is 1. The van der Waals surface area contributed by atoms with E-state index < -0.39 is 6.09 Å². The number of aromatic nitrogens is 3. The van der Waals surface area contributed by atoms with Crippen LogP contribution < -0.4 is 10.2 Å². The molecule has 30 heavy (non-hydrogen) atoms. The number of rotatable bonds is 7. The maximum atomic E-state index is 11.7. The fourth-order valence-corrected chi connectivity index (χ4v) is 3.90. The molecule has 2 aromatic rings. The highest BCUT2D eigenvalue weighted by molar-refractivity contribution is 7.73. The Morgan fingerprint density at radius 3 is 2.53 bits per heavy atom. The second-order valence-electron chi connectivity index (χ2n) is 6.39. The molecule has 0 bridgehead atoms. The second-order valence-corrected chi connectivity index (χ2v) is 8.01. The summed E-state index contributed by atoms with van der Waals surface area (Å²) in [6.45, 7) is 7.88. The van der Waals surface area contributed by atoms with Gasteiger partial charge in [0.15, 0.2) is 3.95 Å². The molecule has 0 spiro atoms. The minimum atomic E-state index is -0.538. The maximum Gasteiger partial charge on any atom is 0.413 e. The lowest BCUT2D eigenvalue weighted by atomic mass is 10.2. The van der Waals surface area contributed by atoms with Crippen molar-refractivity contribution in [2.24, 2.45) is 0 Å². The molecule has 0 unspecified atom stereocenters. The van der Waals surface area contributed by atoms with Gasteiger partial charge in [-0.25, -0.2) is 19.3 Å². The molecule has 162 valence electrons. The van der Waals surface area contributed by atoms with Crippen LogP contribution in [0.1, 0.15) is 24.2 Å². The van der Waals surface area contributed by atoms with Crippen LogP contribution in [0.25, 0.3) is 0 Å². The molecule has 10 nitrogen and oxygen atoms in total. The van der Waals surface area contributed by atoms with Crippen LogP contribution in [0.5, 0.6) is 0 Å². The molecule has 0 aromatic carbocycles. The van der Waals surface area contributed by atoms with E-state index in [4.69, 9.17) is 21.7 Å². The van der Waals surface area contributed by atoms with E-state index in [1.807, 2.05) is 6.07 Å². The average Bonchev–Trinajstić information content (AvgIpc) is 3.07. The Morgan fingerprint density at radius 2 is 1.90 bits per heavy atom. The van der Waals surface area contributed by atoms with Gasteiger partial charge >= 0.3 is 12.1 Å². The highest BCUT2D eigenvalue weighted by Crippen LogP contribution is 2.18. The predicted molar refractivity (Wildman–Crippen MR) is 116 cm³/mol. The van der Waals surface area contributed by atoms with Crippen LogP contribution in [0.4, 0.5) is 15.7 Å². The van der Waals surface area contributed by atoms with Crippen molar-refractivity contribution in [3.63, 3.8) is 0 Å². The first-order chi connectivity index (χ1) is 14.5. The van der Waals surface area contributed by atoms with Gasteiger partial charge in [-0.2, -0.15) is 0 Å². The highest BCUT2D eigenvalue weighted by atomic mass is 32.1. The monoisotopic (exact) mass is 452 g/mol. The standard InChI is InChI=1S/C18H24N6O4S2/c1-3-27-15(25)13-5-6-14(19-11-13)23-9-7-22(8-10-23)12-24-18(29)30-16(21-24)20-17(26)28-4-2/h5-6,11H,3-4,7-10,12H2,1-2H3,(H,20,21,26). The van der Waals surface area contributed by atoms with Gasteiger partial charge in [0.2, 0.25) is 5.13 Å². The van der Waals surface area contributed by atoms with Gasteiger partial charge in [-0.05, 0) is 38.2 Å². The summed E-state index contributed by atoms with van der Waals surface area (Å²) < 4.78 is 12.1. The number of amides is 1. The number of nitrogens with one attached hydrogen (secondary N) is 1. The van der Waals surface area contributed by atoms with Gasteiger partial charge in [-0.3, -0.25) is 10.2 Å². The molecule has 12 heteroatoms. The van der Waals surface area contributed by atoms with Gasteiger partial charge in [0.1, 0.15) is 5.82 Å². The van der Waals surface area contributed by atoms with Crippen molar-refractivity contribution >= 4 is 46.6 Å². The summed E-state index contributed by atoms with van der Waals surface area (Å²) in [4.78, 5) is 32.1. The molecule has 1 aliphatic heterocycles. The minimum absolute atomic E-state index is 0.294. The predicted octanol–water partition coefficient (Wildman–Crippen LogP) is 2.59. The number of piperazine rings is 1. The Morgan fingerprint density at radius 1 is 1.17 bits per heavy atom. The molecule has 1 aliphatic rings. The molecule has 3 heterocycles. The maximum absolute atomic E-state index is 11.7. The van der Waals surface area contributed by atoms with Gasteiger partial charge in [0.25, 0.3) is 0 Å². The second kappa shape index (κ2) is 10.5. The third-order valence-electron chi connectivity index (χ3n) is 4.38. The smallest absolute Gasteiger partial charge is 0.413 e. The Hall–Kier alpha value is -2.57. The van der Waals surface area contributed by atoms with Crippen LogP contribution in [0.2, 0.25) is 0 Å². The number of carbonyl (C=O) groups is 2. The molecule has 0 atom stereocenters. The van der Waals surface area contributed by atoms with E-state index >= 15 is 0 Å². The summed E-state index contributed by atoms with van der Waals surface area (Å²) in [5.41, 5.74) is 0.448. The summed E-state index contributed by atoms with van der Waals surface area (Å²) in [5.74, 6) is 0.465. The fraction of sp³-hybridized carbons (Fsp3) is 0.500. The fourth-order valence-electron chi connectivity index (χ4n) is 2.92. The number of carbonyl (C=O) groups excluding carboxylic acids is 2. The van der Waals surface area contributed by atoms with Crippen LogP contribution in [0.3, 0.4) is 0 Å². The van der Waals surface area contributed by atoms with Gasteiger partial charge < -0.3 is 14.4 Å². The van der Waals surface area contributed by atoms with Crippen LogP contribution in [-0.4, -0.2) is 71.1 Å². The quantitative estimate of drug-likeness (QED) is 0.502. The van der Waals surface area contributed by atoms with Crippen LogP contribution in [0, 0.1) is 3.95 Å². The van der Waals surface area contributed by atoms with Gasteiger partial charge in [0, 0.05) is 32.4 Å². The lowest BCUT2D eigenvalue weighted by molar-refractivity contribution is 0.0526. The van der Waals surface area contributed by atoms with E-state index in [0.717, 1.165) is 32.0 Å². The van der Waals surface area contributed by atoms with E-state index in [1.165, 1.54) is 11.3 Å². The van der Waals surface area contributed by atoms with Crippen molar-refractivity contribution in [2.75, 3.05) is 49.6 Å². The normalized spacial score (nSPS) is 14.4. The Balaban J connectivity index is 1.52. The molecule has 1 fully saturated rings. The lowest BCUT2D eigenvalue weighted by Crippen LogP contribution is -2.47. The van der Waals surface area contributed by atoms with E-state index in [-0.39, 0.29) is 5.97 Å². The molecule has 0 saturated carbocycles. The summed E-state index contributed by atoms with van der Waals surface area (Å²) >= 11 is 6.58. The molecule has 3 rings (SSSR count). The number of hydrogen-bond acceptors (Lipinski definition) is 10. The Bertz CT molecular complexity index is 922. The molecule has 1 saturated heterocycles. The van der Waals surface area contributed by atoms with Crippen molar-refractivity contribution in [1.29, 1.82) is 0 Å². The summed E-state index contributed by atoms with van der Waals surface area (Å²) in [6, 6.07) is 3.57. The largest absolute Gasteiger partial charge is 0.462 e. The van der Waals surface area contributed by atoms with Gasteiger partial charge in [0.05, 0.1) is 25.4 Å². The van der Waals surface area contributed by atoms with Crippen LogP contribution >= 0.6 is 23.6 Å². The summed E-state index contributed by atoms with van der Waals surface area (Å²) in [6.07, 6.45) is 1.01. The average molecular weight is 453 g/mol. The third kappa shape index (κ3) is 5.74. The molecule has 0 aliphatic carbocycles. The van der Waals surface area contributed by atoms with Crippen LogP contribution in [0.15, 0.2) is 18.3 Å². The number of anilines is 2. The number of nitrogens with zero attached hydrogens (tertiary/aromatic N) is 5. The topological polar surface area (TPSA) is 102 Å². The molecule has 0 radical (unpaired) electrons. The van der Waals surface area contributed by atoms with Crippen molar-refractivity contribution in [1.82, 2.24) is 19.7 Å². The van der Waals surface area contributed by atoms with Crippen molar-refractivity contribution in [3.05, 3.63) is 27.8 Å². The van der Waals surface area contributed by atoms with Gasteiger partial charge in [-0.1, -0.05) is 11.3 Å². The first kappa shape index (κ1) is 22.1. The van der Waals surface area contributed by atoms with E-state index in [2.05, 4.69) is 25.2 Å². The summed E-state index contributed by atoms with van der Waals surface area (Å²) in [5, 5.41) is 7.35. The van der Waals surface area contributed by atoms with Crippen molar-refractivity contribution in [3.8, 4) is 0 Å². The highest BCUT2D eigenvalue weighted by Gasteiger charge is 2.20. The molecule has 1 amide bonds. The first-order valence-corrected chi connectivity index (χ1v) is 10.8. The molecule has 2 aromatic heterocycles. The van der Waals surface area contributed by atoms with E-state index in [9.17, 15) is 9.59 Å². The van der Waals surface area contributed by atoms with Gasteiger partial charge in [-0.15, -0.1) is 5.10 Å². The molecule has 1 N–H and O–H groups in total. The SMILES string of the molecule is CCOC(=O)Nc1nn(CN2CCN(c3ccc(C(=O)OCC)cn3)CC2)c(=S)s1. The van der Waals surface area contributed by atoms with E-state index in [1.54, 1.807) is 30.8 Å².